The number of rotatable bonds is 3. The summed E-state index contributed by atoms with van der Waals surface area (Å²) in [5.41, 5.74) is 1.96. The summed E-state index contributed by atoms with van der Waals surface area (Å²) in [6.07, 6.45) is 0. The third kappa shape index (κ3) is 2.80. The number of phenolic OH excluding ortho intramolecular Hbond substituents is 1. The molecule has 0 bridgehead atoms. The van der Waals surface area contributed by atoms with Crippen molar-refractivity contribution in [3.63, 3.8) is 0 Å². The average Bonchev–Trinajstić information content (AvgIpc) is 2.68. The number of phenols is 1. The second-order valence-electron chi connectivity index (χ2n) is 5.80. The highest BCUT2D eigenvalue weighted by Crippen LogP contribution is 2.38. The van der Waals surface area contributed by atoms with Gasteiger partial charge in [-0.1, -0.05) is 54.6 Å². The summed E-state index contributed by atoms with van der Waals surface area (Å²) in [7, 11) is 1.64. The third-order valence-corrected chi connectivity index (χ3v) is 4.22. The Labute approximate surface area is 150 Å². The van der Waals surface area contributed by atoms with Crippen molar-refractivity contribution in [2.45, 2.75) is 0 Å². The number of azo groups is 2. The Hall–Kier alpha value is -3.60. The van der Waals surface area contributed by atoms with Crippen LogP contribution in [0.15, 0.2) is 93.3 Å². The van der Waals surface area contributed by atoms with E-state index in [0.29, 0.717) is 11.4 Å². The van der Waals surface area contributed by atoms with Gasteiger partial charge in [0.2, 0.25) is 0 Å². The maximum absolute atomic E-state index is 10.2. The van der Waals surface area contributed by atoms with Crippen LogP contribution in [-0.2, 0) is 0 Å². The van der Waals surface area contributed by atoms with Crippen LogP contribution in [0.1, 0.15) is 0 Å². The summed E-state index contributed by atoms with van der Waals surface area (Å²) in [6.45, 7) is 0. The molecule has 0 heterocycles. The summed E-state index contributed by atoms with van der Waals surface area (Å²) in [4.78, 5) is 0. The van der Waals surface area contributed by atoms with E-state index >= 15 is 0 Å². The first-order valence-electron chi connectivity index (χ1n) is 8.22. The Morgan fingerprint density at radius 1 is 0.615 bits per heavy atom. The molecule has 0 saturated carbocycles. The fourth-order valence-corrected chi connectivity index (χ4v) is 3.00. The van der Waals surface area contributed by atoms with Gasteiger partial charge >= 0.3 is 0 Å². The average molecular weight is 340 g/mol. The van der Waals surface area contributed by atoms with E-state index < -0.39 is 0 Å². The summed E-state index contributed by atoms with van der Waals surface area (Å²) >= 11 is 0. The van der Waals surface area contributed by atoms with Crippen molar-refractivity contribution >= 4 is 38.6 Å². The van der Waals surface area contributed by atoms with E-state index in [1.165, 1.54) is 0 Å². The number of nitrogens with zero attached hydrogens (tertiary/aromatic N) is 4. The van der Waals surface area contributed by atoms with Gasteiger partial charge in [0.15, 0.2) is 0 Å². The van der Waals surface area contributed by atoms with Crippen LogP contribution < -0.4 is 0 Å². The molecule has 0 fully saturated rings. The molecular weight excluding hydrogens is 324 g/mol. The van der Waals surface area contributed by atoms with E-state index in [0.717, 1.165) is 27.2 Å². The maximum Gasteiger partial charge on any atom is 0.143 e. The van der Waals surface area contributed by atoms with Gasteiger partial charge in [0.05, 0.1) is 11.4 Å². The molecule has 4 aromatic rings. The summed E-state index contributed by atoms with van der Waals surface area (Å²) in [6, 6.07) is 22.9. The highest BCUT2D eigenvalue weighted by atomic mass is 16.3. The van der Waals surface area contributed by atoms with Crippen LogP contribution in [0.5, 0.6) is 5.75 Å². The Morgan fingerprint density at radius 3 is 1.92 bits per heavy atom. The fourth-order valence-electron chi connectivity index (χ4n) is 3.00. The van der Waals surface area contributed by atoms with Gasteiger partial charge in [-0.05, 0) is 23.6 Å². The van der Waals surface area contributed by atoms with Gasteiger partial charge in [-0.25, -0.2) is 0 Å². The standard InChI is InChI=1S/C21H16N4O/c1-22-23-18-11-12-19(17-9-5-4-8-16(17)18)24-25-21-15-7-3-2-6-14(15)10-13-20(21)26/h2-13,26H,1H3. The zero-order valence-corrected chi connectivity index (χ0v) is 14.2. The van der Waals surface area contributed by atoms with Crippen LogP contribution in [0.4, 0.5) is 17.1 Å². The molecule has 0 saturated heterocycles. The van der Waals surface area contributed by atoms with Crippen molar-refractivity contribution < 1.29 is 5.11 Å². The molecule has 4 rings (SSSR count). The number of fused-ring (bicyclic) bond motifs is 2. The summed E-state index contributed by atoms with van der Waals surface area (Å²) in [5, 5.41) is 30.8. The molecule has 0 spiro atoms. The van der Waals surface area contributed by atoms with Gasteiger partial charge < -0.3 is 5.11 Å². The predicted molar refractivity (Wildman–Crippen MR) is 104 cm³/mol. The zero-order valence-electron chi connectivity index (χ0n) is 14.2. The molecule has 126 valence electrons. The molecule has 0 aromatic heterocycles. The van der Waals surface area contributed by atoms with Crippen molar-refractivity contribution in [1.82, 2.24) is 0 Å². The minimum Gasteiger partial charge on any atom is -0.506 e. The lowest BCUT2D eigenvalue weighted by molar-refractivity contribution is 0.477. The predicted octanol–water partition coefficient (Wildman–Crippen LogP) is 6.83. The molecule has 0 unspecified atom stereocenters. The van der Waals surface area contributed by atoms with Crippen molar-refractivity contribution in [2.24, 2.45) is 20.5 Å². The normalized spacial score (nSPS) is 11.9. The Bertz CT molecular complexity index is 1170. The van der Waals surface area contributed by atoms with Gasteiger partial charge in [-0.15, -0.1) is 10.2 Å². The Kier molecular flexibility index (Phi) is 4.11. The monoisotopic (exact) mass is 340 g/mol. The molecule has 5 heteroatoms. The molecular formula is C21H16N4O. The van der Waals surface area contributed by atoms with Crippen LogP contribution >= 0.6 is 0 Å². The van der Waals surface area contributed by atoms with E-state index in [-0.39, 0.29) is 5.75 Å². The molecule has 1 N–H and O–H groups in total. The van der Waals surface area contributed by atoms with Crippen LogP contribution in [-0.4, -0.2) is 12.2 Å². The van der Waals surface area contributed by atoms with E-state index in [2.05, 4.69) is 20.5 Å². The highest BCUT2D eigenvalue weighted by molar-refractivity contribution is 6.00. The minimum atomic E-state index is 0.105. The number of aromatic hydroxyl groups is 1. The van der Waals surface area contributed by atoms with Crippen molar-refractivity contribution in [3.05, 3.63) is 72.8 Å². The van der Waals surface area contributed by atoms with Crippen molar-refractivity contribution in [3.8, 4) is 5.75 Å². The topological polar surface area (TPSA) is 69.7 Å². The quantitative estimate of drug-likeness (QED) is 0.408. The van der Waals surface area contributed by atoms with Crippen LogP contribution in [0.2, 0.25) is 0 Å². The molecule has 5 nitrogen and oxygen atoms in total. The lowest BCUT2D eigenvalue weighted by Gasteiger charge is -2.05. The molecule has 0 radical (unpaired) electrons. The van der Waals surface area contributed by atoms with Gasteiger partial charge in [-0.2, -0.15) is 10.2 Å². The molecule has 0 atom stereocenters. The molecule has 0 aliphatic heterocycles. The molecule has 0 aliphatic rings. The van der Waals surface area contributed by atoms with Gasteiger partial charge in [0, 0.05) is 23.2 Å². The van der Waals surface area contributed by atoms with Crippen LogP contribution in [0.3, 0.4) is 0 Å². The van der Waals surface area contributed by atoms with Crippen LogP contribution in [0, 0.1) is 0 Å². The summed E-state index contributed by atoms with van der Waals surface area (Å²) < 4.78 is 0. The summed E-state index contributed by atoms with van der Waals surface area (Å²) in [5.74, 6) is 0.105. The van der Waals surface area contributed by atoms with E-state index in [4.69, 9.17) is 0 Å². The third-order valence-electron chi connectivity index (χ3n) is 4.22. The fraction of sp³-hybridized carbons (Fsp3) is 0.0476. The SMILES string of the molecule is CN=Nc1ccc(N=Nc2c(O)ccc3ccccc23)c2ccccc12. The molecule has 26 heavy (non-hydrogen) atoms. The second-order valence-corrected chi connectivity index (χ2v) is 5.80. The first-order valence-corrected chi connectivity index (χ1v) is 8.22. The van der Waals surface area contributed by atoms with Crippen molar-refractivity contribution in [2.75, 3.05) is 7.05 Å². The van der Waals surface area contributed by atoms with Gasteiger partial charge in [0.25, 0.3) is 0 Å². The molecule has 4 aromatic carbocycles. The smallest absolute Gasteiger partial charge is 0.143 e. The lowest BCUT2D eigenvalue weighted by Crippen LogP contribution is -1.76. The number of hydrogen-bond donors (Lipinski definition) is 1. The zero-order chi connectivity index (χ0) is 17.9. The molecule has 0 aliphatic carbocycles. The van der Waals surface area contributed by atoms with E-state index in [9.17, 15) is 5.11 Å². The van der Waals surface area contributed by atoms with Gasteiger partial charge in [-0.3, -0.25) is 0 Å². The largest absolute Gasteiger partial charge is 0.506 e. The lowest BCUT2D eigenvalue weighted by atomic mass is 10.1. The Balaban J connectivity index is 1.86. The van der Waals surface area contributed by atoms with Crippen molar-refractivity contribution in [1.29, 1.82) is 0 Å². The van der Waals surface area contributed by atoms with E-state index in [1.54, 1.807) is 13.1 Å². The second kappa shape index (κ2) is 6.72. The molecule has 0 amide bonds. The highest BCUT2D eigenvalue weighted by Gasteiger charge is 2.08. The Morgan fingerprint density at radius 2 is 1.23 bits per heavy atom. The minimum absolute atomic E-state index is 0.105. The van der Waals surface area contributed by atoms with Gasteiger partial charge in [0.1, 0.15) is 11.4 Å². The first-order chi connectivity index (χ1) is 12.8. The number of hydrogen-bond acceptors (Lipinski definition) is 5. The number of benzene rings is 4. The first kappa shape index (κ1) is 15.9. The van der Waals surface area contributed by atoms with Crippen LogP contribution in [0.25, 0.3) is 21.5 Å². The van der Waals surface area contributed by atoms with E-state index in [1.807, 2.05) is 66.7 Å². The maximum atomic E-state index is 10.2.